The Hall–Kier alpha value is -2.18. The summed E-state index contributed by atoms with van der Waals surface area (Å²) in [5, 5.41) is 14.4. The Morgan fingerprint density at radius 3 is 2.58 bits per heavy atom. The van der Waals surface area contributed by atoms with E-state index in [1.807, 2.05) is 60.5 Å². The van der Waals surface area contributed by atoms with Gasteiger partial charge in [-0.2, -0.15) is 0 Å². The van der Waals surface area contributed by atoms with E-state index in [4.69, 9.17) is 0 Å². The van der Waals surface area contributed by atoms with Crippen LogP contribution in [0.15, 0.2) is 41.8 Å². The molecule has 0 aliphatic carbocycles. The van der Waals surface area contributed by atoms with Gasteiger partial charge in [-0.3, -0.25) is 14.5 Å². The van der Waals surface area contributed by atoms with Crippen LogP contribution in [0.4, 0.5) is 0 Å². The number of amides is 1. The monoisotopic (exact) mass is 372 g/mol. The van der Waals surface area contributed by atoms with Crippen molar-refractivity contribution in [3.63, 3.8) is 0 Å². The Balaban J connectivity index is 1.68. The molecule has 2 heterocycles. The first kappa shape index (κ1) is 18.6. The molecule has 6 heteroatoms. The number of likely N-dealkylation sites (tertiary alicyclic amines) is 1. The highest BCUT2D eigenvalue weighted by Gasteiger charge is 2.35. The fourth-order valence-corrected chi connectivity index (χ4v) is 4.26. The van der Waals surface area contributed by atoms with Crippen LogP contribution in [-0.4, -0.2) is 41.5 Å². The van der Waals surface area contributed by atoms with Gasteiger partial charge in [-0.05, 0) is 29.9 Å². The van der Waals surface area contributed by atoms with E-state index < -0.39 is 11.9 Å². The lowest BCUT2D eigenvalue weighted by Crippen LogP contribution is -2.38. The molecule has 1 aliphatic heterocycles. The fraction of sp³-hybridized carbons (Fsp3) is 0.400. The summed E-state index contributed by atoms with van der Waals surface area (Å²) in [5.41, 5.74) is 2.22. The van der Waals surface area contributed by atoms with Gasteiger partial charge in [0.1, 0.15) is 0 Å². The average molecular weight is 372 g/mol. The molecule has 1 amide bonds. The van der Waals surface area contributed by atoms with Crippen LogP contribution in [0, 0.1) is 18.8 Å². The first-order chi connectivity index (χ1) is 12.4. The van der Waals surface area contributed by atoms with E-state index in [1.165, 1.54) is 5.56 Å². The van der Waals surface area contributed by atoms with E-state index in [1.54, 1.807) is 11.3 Å². The van der Waals surface area contributed by atoms with Gasteiger partial charge < -0.3 is 10.4 Å². The normalized spacial score (nSPS) is 21.5. The van der Waals surface area contributed by atoms with Gasteiger partial charge in [-0.25, -0.2) is 0 Å². The third kappa shape index (κ3) is 4.31. The molecule has 26 heavy (non-hydrogen) atoms. The second kappa shape index (κ2) is 8.01. The van der Waals surface area contributed by atoms with Crippen LogP contribution in [0.25, 0.3) is 0 Å². The SMILES string of the molecule is Cc1ccc(C(NC(=O)CN2C[C@@H](C)[C@H](C(=O)O)C2)c2cccs2)cc1. The topological polar surface area (TPSA) is 69.6 Å². The molecule has 0 bridgehead atoms. The number of carboxylic acid groups (broad SMARTS) is 1. The van der Waals surface area contributed by atoms with Crippen molar-refractivity contribution in [3.05, 3.63) is 57.8 Å². The Morgan fingerprint density at radius 2 is 2.00 bits per heavy atom. The van der Waals surface area contributed by atoms with Crippen molar-refractivity contribution in [1.82, 2.24) is 10.2 Å². The molecule has 1 unspecified atom stereocenters. The maximum atomic E-state index is 12.6. The number of aliphatic carboxylic acids is 1. The minimum Gasteiger partial charge on any atom is -0.481 e. The van der Waals surface area contributed by atoms with E-state index in [0.717, 1.165) is 10.4 Å². The molecule has 0 spiro atoms. The minimum absolute atomic E-state index is 0.0606. The Morgan fingerprint density at radius 1 is 1.27 bits per heavy atom. The van der Waals surface area contributed by atoms with Crippen molar-refractivity contribution >= 4 is 23.2 Å². The zero-order valence-electron chi connectivity index (χ0n) is 15.0. The van der Waals surface area contributed by atoms with Gasteiger partial charge in [0.25, 0.3) is 0 Å². The summed E-state index contributed by atoms with van der Waals surface area (Å²) in [5.74, 6) is -1.20. The lowest BCUT2D eigenvalue weighted by atomic mass is 9.99. The second-order valence-corrected chi connectivity index (χ2v) is 8.02. The zero-order chi connectivity index (χ0) is 18.7. The molecular formula is C20H24N2O3S. The van der Waals surface area contributed by atoms with Gasteiger partial charge in [0.05, 0.1) is 18.5 Å². The highest BCUT2D eigenvalue weighted by Crippen LogP contribution is 2.27. The van der Waals surface area contributed by atoms with Crippen molar-refractivity contribution in [1.29, 1.82) is 0 Å². The molecule has 2 N–H and O–H groups in total. The van der Waals surface area contributed by atoms with E-state index >= 15 is 0 Å². The van der Waals surface area contributed by atoms with Crippen LogP contribution >= 0.6 is 11.3 Å². The molecule has 3 atom stereocenters. The third-order valence-corrected chi connectivity index (χ3v) is 5.85. The Bertz CT molecular complexity index is 758. The maximum absolute atomic E-state index is 12.6. The first-order valence-corrected chi connectivity index (χ1v) is 9.66. The summed E-state index contributed by atoms with van der Waals surface area (Å²) in [6.07, 6.45) is 0. The molecule has 5 nitrogen and oxygen atoms in total. The number of carboxylic acids is 1. The quantitative estimate of drug-likeness (QED) is 0.818. The first-order valence-electron chi connectivity index (χ1n) is 8.78. The summed E-state index contributed by atoms with van der Waals surface area (Å²) in [6, 6.07) is 12.0. The largest absolute Gasteiger partial charge is 0.481 e. The maximum Gasteiger partial charge on any atom is 0.308 e. The number of nitrogens with one attached hydrogen (secondary N) is 1. The highest BCUT2D eigenvalue weighted by molar-refractivity contribution is 7.10. The summed E-state index contributed by atoms with van der Waals surface area (Å²) in [4.78, 5) is 26.9. The number of carbonyl (C=O) groups excluding carboxylic acids is 1. The van der Waals surface area contributed by atoms with Gasteiger partial charge in [0.2, 0.25) is 5.91 Å². The number of benzene rings is 1. The molecular weight excluding hydrogens is 348 g/mol. The van der Waals surface area contributed by atoms with Gasteiger partial charge in [0, 0.05) is 18.0 Å². The van der Waals surface area contributed by atoms with Crippen molar-refractivity contribution in [2.24, 2.45) is 11.8 Å². The summed E-state index contributed by atoms with van der Waals surface area (Å²) in [7, 11) is 0. The van der Waals surface area contributed by atoms with Crippen LogP contribution in [0.3, 0.4) is 0 Å². The summed E-state index contributed by atoms with van der Waals surface area (Å²) in [6.45, 7) is 5.26. The molecule has 1 saturated heterocycles. The van der Waals surface area contributed by atoms with Gasteiger partial charge >= 0.3 is 5.97 Å². The van der Waals surface area contributed by atoms with Gasteiger partial charge in [-0.15, -0.1) is 11.3 Å². The number of hydrogen-bond donors (Lipinski definition) is 2. The molecule has 1 aromatic heterocycles. The van der Waals surface area contributed by atoms with Crippen molar-refractivity contribution < 1.29 is 14.7 Å². The average Bonchev–Trinajstić information content (AvgIpc) is 3.23. The summed E-state index contributed by atoms with van der Waals surface area (Å²) >= 11 is 1.61. The lowest BCUT2D eigenvalue weighted by Gasteiger charge is -2.21. The van der Waals surface area contributed by atoms with Crippen LogP contribution in [0.5, 0.6) is 0 Å². The van der Waals surface area contributed by atoms with E-state index in [9.17, 15) is 14.7 Å². The number of rotatable bonds is 6. The van der Waals surface area contributed by atoms with Gasteiger partial charge in [0.15, 0.2) is 0 Å². The molecule has 0 radical (unpaired) electrons. The van der Waals surface area contributed by atoms with Crippen molar-refractivity contribution in [3.8, 4) is 0 Å². The lowest BCUT2D eigenvalue weighted by molar-refractivity contribution is -0.142. The molecule has 1 fully saturated rings. The number of hydrogen-bond acceptors (Lipinski definition) is 4. The number of nitrogens with zero attached hydrogens (tertiary/aromatic N) is 1. The zero-order valence-corrected chi connectivity index (χ0v) is 15.8. The molecule has 1 aromatic carbocycles. The fourth-order valence-electron chi connectivity index (χ4n) is 3.46. The standard InChI is InChI=1S/C20H24N2O3S/c1-13-5-7-15(8-6-13)19(17-4-3-9-26-17)21-18(23)12-22-10-14(2)16(11-22)20(24)25/h3-9,14,16,19H,10-12H2,1-2H3,(H,21,23)(H,24,25)/t14-,16-,19?/m1/s1. The number of thiophene rings is 1. The summed E-state index contributed by atoms with van der Waals surface area (Å²) < 4.78 is 0. The molecule has 138 valence electrons. The van der Waals surface area contributed by atoms with E-state index in [0.29, 0.717) is 13.1 Å². The second-order valence-electron chi connectivity index (χ2n) is 7.04. The smallest absolute Gasteiger partial charge is 0.308 e. The Kier molecular flexibility index (Phi) is 5.74. The number of aryl methyl sites for hydroxylation is 1. The predicted octanol–water partition coefficient (Wildman–Crippen LogP) is 2.91. The predicted molar refractivity (Wildman–Crippen MR) is 102 cm³/mol. The Labute approximate surface area is 157 Å². The highest BCUT2D eigenvalue weighted by atomic mass is 32.1. The van der Waals surface area contributed by atoms with Gasteiger partial charge in [-0.1, -0.05) is 42.8 Å². The van der Waals surface area contributed by atoms with Crippen LogP contribution in [-0.2, 0) is 9.59 Å². The minimum atomic E-state index is -0.781. The van der Waals surface area contributed by atoms with E-state index in [2.05, 4.69) is 5.32 Å². The molecule has 1 aliphatic rings. The molecule has 0 saturated carbocycles. The number of carbonyl (C=O) groups is 2. The van der Waals surface area contributed by atoms with Crippen molar-refractivity contribution in [2.75, 3.05) is 19.6 Å². The molecule has 3 rings (SSSR count). The third-order valence-electron chi connectivity index (χ3n) is 4.92. The van der Waals surface area contributed by atoms with E-state index in [-0.39, 0.29) is 24.4 Å². The van der Waals surface area contributed by atoms with Crippen molar-refractivity contribution in [2.45, 2.75) is 19.9 Å². The van der Waals surface area contributed by atoms with Crippen LogP contribution < -0.4 is 5.32 Å². The van der Waals surface area contributed by atoms with Crippen LogP contribution in [0.1, 0.15) is 29.0 Å². The van der Waals surface area contributed by atoms with Crippen LogP contribution in [0.2, 0.25) is 0 Å². The molecule has 2 aromatic rings.